The lowest BCUT2D eigenvalue weighted by Gasteiger charge is -2.57. The number of hydrogen-bond donors (Lipinski definition) is 1. The number of rotatable bonds is 9. The van der Waals surface area contributed by atoms with Crippen LogP contribution in [0.25, 0.3) is 0 Å². The van der Waals surface area contributed by atoms with Gasteiger partial charge in [0.05, 0.1) is 19.3 Å². The van der Waals surface area contributed by atoms with E-state index in [9.17, 15) is 5.11 Å². The minimum Gasteiger partial charge on any atom is -0.395 e. The van der Waals surface area contributed by atoms with Gasteiger partial charge in [0, 0.05) is 12.5 Å². The molecule has 1 heterocycles. The number of aliphatic hydroxyl groups is 1. The van der Waals surface area contributed by atoms with Crippen molar-refractivity contribution in [1.29, 1.82) is 0 Å². The van der Waals surface area contributed by atoms with Crippen LogP contribution in [0.5, 0.6) is 0 Å². The normalized spacial score (nSPS) is 34.1. The van der Waals surface area contributed by atoms with Gasteiger partial charge in [-0.2, -0.15) is 0 Å². The maximum absolute atomic E-state index is 9.50. The molecule has 0 aromatic heterocycles. The molecule has 0 radical (unpaired) electrons. The van der Waals surface area contributed by atoms with Crippen LogP contribution in [0.4, 0.5) is 0 Å². The number of nitrogens with zero attached hydrogens (tertiary/aromatic N) is 2. The first-order valence-electron chi connectivity index (χ1n) is 13.8. The summed E-state index contributed by atoms with van der Waals surface area (Å²) in [5.41, 5.74) is 1.77. The third-order valence-corrected chi connectivity index (χ3v) is 9.03. The lowest BCUT2D eigenvalue weighted by molar-refractivity contribution is -0.218. The van der Waals surface area contributed by atoms with Crippen LogP contribution in [-0.4, -0.2) is 81.3 Å². The average Bonchev–Trinajstić information content (AvgIpc) is 3.38. The quantitative estimate of drug-likeness (QED) is 0.490. The van der Waals surface area contributed by atoms with E-state index in [1.807, 2.05) is 0 Å². The summed E-state index contributed by atoms with van der Waals surface area (Å²) in [6.07, 6.45) is 15.0. The Balaban J connectivity index is 0.000000541. The average molecular weight is 465 g/mol. The SMILES string of the molecule is C1CCCC1.C=C1CCC2C3COCOC3CCC2(C)C1CCN(CCO)CCCN(C)C. The van der Waals surface area contributed by atoms with Crippen LogP contribution >= 0.6 is 0 Å². The van der Waals surface area contributed by atoms with Crippen molar-refractivity contribution >= 4 is 0 Å². The summed E-state index contributed by atoms with van der Waals surface area (Å²) in [6.45, 7) is 12.6. The van der Waals surface area contributed by atoms with Gasteiger partial charge < -0.3 is 24.4 Å². The maximum Gasteiger partial charge on any atom is 0.147 e. The summed E-state index contributed by atoms with van der Waals surface area (Å²) < 4.78 is 11.7. The maximum atomic E-state index is 9.50. The highest BCUT2D eigenvalue weighted by Gasteiger charge is 2.53. The highest BCUT2D eigenvalue weighted by molar-refractivity contribution is 5.15. The molecule has 0 aromatic rings. The number of aliphatic hydroxyl groups excluding tert-OH is 1. The molecule has 192 valence electrons. The van der Waals surface area contributed by atoms with E-state index in [0.717, 1.165) is 58.5 Å². The smallest absolute Gasteiger partial charge is 0.147 e. The molecular weight excluding hydrogens is 412 g/mol. The third kappa shape index (κ3) is 7.51. The van der Waals surface area contributed by atoms with E-state index in [1.54, 1.807) is 0 Å². The van der Waals surface area contributed by atoms with Gasteiger partial charge in [-0.15, -0.1) is 0 Å². The topological polar surface area (TPSA) is 45.2 Å². The van der Waals surface area contributed by atoms with Crippen LogP contribution in [0, 0.1) is 23.2 Å². The molecule has 5 atom stereocenters. The molecule has 5 heteroatoms. The Morgan fingerprint density at radius 3 is 2.42 bits per heavy atom. The summed E-state index contributed by atoms with van der Waals surface area (Å²) in [4.78, 5) is 4.68. The molecule has 0 spiro atoms. The van der Waals surface area contributed by atoms with Gasteiger partial charge in [-0.3, -0.25) is 0 Å². The molecular formula is C28H52N2O3. The van der Waals surface area contributed by atoms with E-state index in [2.05, 4.69) is 37.4 Å². The molecule has 3 aliphatic carbocycles. The molecule has 1 N–H and O–H groups in total. The molecule has 3 saturated carbocycles. The molecule has 0 bridgehead atoms. The van der Waals surface area contributed by atoms with Crippen LogP contribution in [0.3, 0.4) is 0 Å². The molecule has 33 heavy (non-hydrogen) atoms. The van der Waals surface area contributed by atoms with Gasteiger partial charge in [-0.1, -0.05) is 51.2 Å². The summed E-state index contributed by atoms with van der Waals surface area (Å²) >= 11 is 0. The predicted octanol–water partition coefficient (Wildman–Crippen LogP) is 4.94. The van der Waals surface area contributed by atoms with Crippen LogP contribution in [0.15, 0.2) is 12.2 Å². The van der Waals surface area contributed by atoms with Crippen molar-refractivity contribution in [3.05, 3.63) is 12.2 Å². The lowest BCUT2D eigenvalue weighted by Crippen LogP contribution is -2.54. The van der Waals surface area contributed by atoms with Gasteiger partial charge in [-0.05, 0) is 89.5 Å². The van der Waals surface area contributed by atoms with E-state index in [0.29, 0.717) is 36.1 Å². The Kier molecular flexibility index (Phi) is 11.2. The zero-order valence-electron chi connectivity index (χ0n) is 21.9. The van der Waals surface area contributed by atoms with Crippen molar-refractivity contribution in [2.24, 2.45) is 23.2 Å². The summed E-state index contributed by atoms with van der Waals surface area (Å²) in [6, 6.07) is 0. The fraction of sp³-hybridized carbons (Fsp3) is 0.929. The van der Waals surface area contributed by atoms with Crippen LogP contribution in [0.2, 0.25) is 0 Å². The van der Waals surface area contributed by atoms with E-state index < -0.39 is 0 Å². The largest absolute Gasteiger partial charge is 0.395 e. The molecule has 1 aliphatic heterocycles. The van der Waals surface area contributed by atoms with Crippen LogP contribution in [0.1, 0.15) is 77.6 Å². The Morgan fingerprint density at radius 1 is 1.03 bits per heavy atom. The van der Waals surface area contributed by atoms with Crippen molar-refractivity contribution in [3.8, 4) is 0 Å². The number of allylic oxidation sites excluding steroid dienone is 1. The van der Waals surface area contributed by atoms with Crippen LogP contribution in [-0.2, 0) is 9.47 Å². The molecule has 4 aliphatic rings. The molecule has 0 aromatic carbocycles. The van der Waals surface area contributed by atoms with Gasteiger partial charge in [-0.25, -0.2) is 0 Å². The number of hydrogen-bond acceptors (Lipinski definition) is 5. The highest BCUT2D eigenvalue weighted by atomic mass is 16.7. The predicted molar refractivity (Wildman–Crippen MR) is 136 cm³/mol. The first-order chi connectivity index (χ1) is 16.0. The van der Waals surface area contributed by atoms with Crippen molar-refractivity contribution in [2.75, 3.05) is 60.3 Å². The molecule has 4 fully saturated rings. The number of ether oxygens (including phenoxy) is 2. The number of fused-ring (bicyclic) bond motifs is 3. The lowest BCUT2D eigenvalue weighted by atomic mass is 9.50. The summed E-state index contributed by atoms with van der Waals surface area (Å²) in [5.74, 6) is 1.81. The molecule has 5 unspecified atom stereocenters. The fourth-order valence-corrected chi connectivity index (χ4v) is 7.13. The Hall–Kier alpha value is -0.460. The van der Waals surface area contributed by atoms with Gasteiger partial charge in [0.2, 0.25) is 0 Å². The Morgan fingerprint density at radius 2 is 1.76 bits per heavy atom. The monoisotopic (exact) mass is 464 g/mol. The first-order valence-corrected chi connectivity index (χ1v) is 13.8. The third-order valence-electron chi connectivity index (χ3n) is 9.03. The van der Waals surface area contributed by atoms with Crippen LogP contribution < -0.4 is 0 Å². The highest BCUT2D eigenvalue weighted by Crippen LogP contribution is 2.58. The van der Waals surface area contributed by atoms with Crippen molar-refractivity contribution in [3.63, 3.8) is 0 Å². The van der Waals surface area contributed by atoms with E-state index in [4.69, 9.17) is 9.47 Å². The zero-order valence-corrected chi connectivity index (χ0v) is 21.9. The summed E-state index contributed by atoms with van der Waals surface area (Å²) in [7, 11) is 4.25. The van der Waals surface area contributed by atoms with E-state index >= 15 is 0 Å². The van der Waals surface area contributed by atoms with Gasteiger partial charge in [0.1, 0.15) is 6.79 Å². The minimum atomic E-state index is 0.242. The van der Waals surface area contributed by atoms with E-state index in [-0.39, 0.29) is 6.61 Å². The Labute approximate surface area is 203 Å². The fourth-order valence-electron chi connectivity index (χ4n) is 7.13. The van der Waals surface area contributed by atoms with Crippen molar-refractivity contribution < 1.29 is 14.6 Å². The van der Waals surface area contributed by atoms with Gasteiger partial charge in [0.15, 0.2) is 0 Å². The second kappa shape index (κ2) is 13.6. The van der Waals surface area contributed by atoms with Crippen molar-refractivity contribution in [1.82, 2.24) is 9.80 Å². The van der Waals surface area contributed by atoms with E-state index in [1.165, 1.54) is 50.5 Å². The van der Waals surface area contributed by atoms with Gasteiger partial charge >= 0.3 is 0 Å². The first kappa shape index (κ1) is 27.1. The second-order valence-electron chi connectivity index (χ2n) is 11.5. The second-order valence-corrected chi connectivity index (χ2v) is 11.5. The van der Waals surface area contributed by atoms with Gasteiger partial charge in [0.25, 0.3) is 0 Å². The minimum absolute atomic E-state index is 0.242. The molecule has 4 rings (SSSR count). The standard InChI is InChI=1S/C23H42N2O3.C5H10/c1-18-6-7-21-19-16-27-17-28-22(19)8-10-23(21,2)20(18)9-13-25(14-15-26)12-5-11-24(3)4;1-2-4-5-3-1/h19-22,26H,1,5-17H2,2-4H3;1-5H2. The molecule has 1 saturated heterocycles. The molecule has 0 amide bonds. The van der Waals surface area contributed by atoms with Crippen molar-refractivity contribution in [2.45, 2.75) is 83.7 Å². The molecule has 5 nitrogen and oxygen atoms in total. The summed E-state index contributed by atoms with van der Waals surface area (Å²) in [5, 5.41) is 9.50. The Bertz CT molecular complexity index is 572. The zero-order chi connectivity index (χ0) is 23.7.